The predicted octanol–water partition coefficient (Wildman–Crippen LogP) is 5.18. The number of rotatable bonds is 8. The zero-order valence-electron chi connectivity index (χ0n) is 17.8. The second-order valence-electron chi connectivity index (χ2n) is 7.86. The molecule has 1 aliphatic rings. The molecule has 0 unspecified atom stereocenters. The molecule has 0 aliphatic heterocycles. The van der Waals surface area contributed by atoms with Crippen molar-refractivity contribution in [3.05, 3.63) is 52.5 Å². The Morgan fingerprint density at radius 3 is 2.59 bits per heavy atom. The summed E-state index contributed by atoms with van der Waals surface area (Å²) in [6.07, 6.45) is 4.86. The summed E-state index contributed by atoms with van der Waals surface area (Å²) in [7, 11) is 0. The molecule has 0 radical (unpaired) electrons. The summed E-state index contributed by atoms with van der Waals surface area (Å²) in [5.41, 5.74) is 0.924. The molecule has 0 spiro atoms. The number of nitrogens with zero attached hydrogens (tertiary/aromatic N) is 3. The van der Waals surface area contributed by atoms with E-state index in [1.165, 1.54) is 6.20 Å². The highest BCUT2D eigenvalue weighted by Crippen LogP contribution is 2.30. The van der Waals surface area contributed by atoms with Crippen LogP contribution in [0, 0.1) is 5.92 Å². The number of carboxylic acids is 1. The zero-order chi connectivity index (χ0) is 24.1. The molecule has 0 atom stereocenters. The first kappa shape index (κ1) is 23.8. The van der Waals surface area contributed by atoms with Crippen molar-refractivity contribution in [2.45, 2.75) is 38.2 Å². The molecular weight excluding hydrogens is 485 g/mol. The molecule has 1 fully saturated rings. The molecule has 3 N–H and O–H groups in total. The fourth-order valence-electron chi connectivity index (χ4n) is 3.65. The van der Waals surface area contributed by atoms with Gasteiger partial charge in [-0.15, -0.1) is 5.10 Å². The van der Waals surface area contributed by atoms with E-state index in [1.807, 2.05) is 0 Å². The lowest BCUT2D eigenvalue weighted by atomic mass is 9.85. The molecule has 34 heavy (non-hydrogen) atoms. The van der Waals surface area contributed by atoms with Crippen LogP contribution in [0.2, 0.25) is 10.0 Å². The van der Waals surface area contributed by atoms with Crippen LogP contribution >= 0.6 is 23.2 Å². The van der Waals surface area contributed by atoms with E-state index in [1.54, 1.807) is 30.3 Å². The minimum atomic E-state index is -0.761. The maximum absolute atomic E-state index is 12.4. The Morgan fingerprint density at radius 1 is 1.12 bits per heavy atom. The van der Waals surface area contributed by atoms with Gasteiger partial charge in [0.25, 0.3) is 0 Å². The number of nitrogens with one attached hydrogen (secondary N) is 2. The summed E-state index contributed by atoms with van der Waals surface area (Å²) in [4.78, 5) is 27.5. The van der Waals surface area contributed by atoms with E-state index >= 15 is 0 Å². The molecule has 1 aliphatic carbocycles. The SMILES string of the molecule is O=C(O)CC1CCC(Oc2ccc(NC(=O)c3nnc(Nc4ccc(Cl)cc4Cl)o3)cn2)CC1. The van der Waals surface area contributed by atoms with Crippen LogP contribution in [0.5, 0.6) is 5.88 Å². The molecule has 2 heterocycles. The number of ether oxygens (including phenoxy) is 1. The third-order valence-corrected chi connectivity index (χ3v) is 5.88. The van der Waals surface area contributed by atoms with Crippen LogP contribution in [0.15, 0.2) is 40.9 Å². The monoisotopic (exact) mass is 505 g/mol. The highest BCUT2D eigenvalue weighted by atomic mass is 35.5. The number of benzene rings is 1. The number of amides is 1. The number of carboxylic acid groups (broad SMARTS) is 1. The molecule has 1 amide bonds. The van der Waals surface area contributed by atoms with Crippen molar-refractivity contribution < 1.29 is 23.8 Å². The Kier molecular flexibility index (Phi) is 7.49. The van der Waals surface area contributed by atoms with Gasteiger partial charge in [0.2, 0.25) is 5.88 Å². The van der Waals surface area contributed by atoms with Gasteiger partial charge < -0.3 is 24.9 Å². The Labute approximate surface area is 204 Å². The van der Waals surface area contributed by atoms with Gasteiger partial charge in [0.05, 0.1) is 22.6 Å². The van der Waals surface area contributed by atoms with Crippen molar-refractivity contribution in [2.75, 3.05) is 10.6 Å². The van der Waals surface area contributed by atoms with E-state index in [0.29, 0.717) is 27.3 Å². The number of aromatic nitrogens is 3. The molecule has 4 rings (SSSR count). The average Bonchev–Trinajstić information content (AvgIpc) is 3.27. The van der Waals surface area contributed by atoms with Crippen LogP contribution in [-0.2, 0) is 4.79 Å². The number of pyridine rings is 1. The molecule has 178 valence electrons. The number of anilines is 3. The van der Waals surface area contributed by atoms with Gasteiger partial charge in [-0.3, -0.25) is 9.59 Å². The van der Waals surface area contributed by atoms with E-state index in [0.717, 1.165) is 25.7 Å². The van der Waals surface area contributed by atoms with Crippen LogP contribution in [0.4, 0.5) is 17.4 Å². The number of carbonyl (C=O) groups excluding carboxylic acids is 1. The van der Waals surface area contributed by atoms with Crippen LogP contribution in [0.3, 0.4) is 0 Å². The predicted molar refractivity (Wildman–Crippen MR) is 125 cm³/mol. The van der Waals surface area contributed by atoms with Crippen molar-refractivity contribution >= 4 is 52.5 Å². The second-order valence-corrected chi connectivity index (χ2v) is 8.70. The van der Waals surface area contributed by atoms with E-state index in [-0.39, 0.29) is 30.3 Å². The Hall–Kier alpha value is -3.37. The van der Waals surface area contributed by atoms with E-state index in [9.17, 15) is 9.59 Å². The number of carbonyl (C=O) groups is 2. The molecule has 1 aromatic carbocycles. The molecule has 1 saturated carbocycles. The van der Waals surface area contributed by atoms with E-state index in [4.69, 9.17) is 37.5 Å². The number of hydrogen-bond donors (Lipinski definition) is 3. The summed E-state index contributed by atoms with van der Waals surface area (Å²) in [6.45, 7) is 0. The van der Waals surface area contributed by atoms with Crippen molar-refractivity contribution in [3.8, 4) is 5.88 Å². The number of aliphatic carboxylic acids is 1. The standard InChI is InChI=1S/C22H21Cl2N5O5/c23-13-3-7-17(16(24)10-13)27-22-29-28-21(34-22)20(32)26-14-4-8-18(25-11-14)33-15-5-1-12(2-6-15)9-19(30)31/h3-4,7-8,10-12,15H,1-2,5-6,9H2,(H,26,32)(H,27,29)(H,30,31). The summed E-state index contributed by atoms with van der Waals surface area (Å²) in [5.74, 6) is -0.973. The highest BCUT2D eigenvalue weighted by molar-refractivity contribution is 6.36. The molecular formula is C22H21Cl2N5O5. The van der Waals surface area contributed by atoms with Crippen LogP contribution in [0.1, 0.15) is 42.8 Å². The summed E-state index contributed by atoms with van der Waals surface area (Å²) in [5, 5.41) is 22.7. The summed E-state index contributed by atoms with van der Waals surface area (Å²) < 4.78 is 11.2. The minimum absolute atomic E-state index is 0.00329. The van der Waals surface area contributed by atoms with Crippen molar-refractivity contribution in [2.24, 2.45) is 5.92 Å². The topological polar surface area (TPSA) is 139 Å². The van der Waals surface area contributed by atoms with Gasteiger partial charge in [-0.1, -0.05) is 28.3 Å². The first-order chi connectivity index (χ1) is 16.4. The number of hydrogen-bond acceptors (Lipinski definition) is 8. The number of halogens is 2. The third-order valence-electron chi connectivity index (χ3n) is 5.33. The lowest BCUT2D eigenvalue weighted by Gasteiger charge is -2.27. The second kappa shape index (κ2) is 10.7. The Balaban J connectivity index is 1.28. The lowest BCUT2D eigenvalue weighted by Crippen LogP contribution is -2.25. The lowest BCUT2D eigenvalue weighted by molar-refractivity contribution is -0.138. The van der Waals surface area contributed by atoms with Gasteiger partial charge in [0.15, 0.2) is 0 Å². The van der Waals surface area contributed by atoms with E-state index in [2.05, 4.69) is 25.8 Å². The minimum Gasteiger partial charge on any atom is -0.481 e. The fraction of sp³-hybridized carbons (Fsp3) is 0.318. The van der Waals surface area contributed by atoms with Crippen LogP contribution in [-0.4, -0.2) is 38.3 Å². The van der Waals surface area contributed by atoms with Crippen LogP contribution < -0.4 is 15.4 Å². The van der Waals surface area contributed by atoms with Gasteiger partial charge in [0.1, 0.15) is 6.10 Å². The molecule has 10 nitrogen and oxygen atoms in total. The average molecular weight is 506 g/mol. The molecule has 0 saturated heterocycles. The first-order valence-electron chi connectivity index (χ1n) is 10.6. The largest absolute Gasteiger partial charge is 0.481 e. The Bertz CT molecular complexity index is 1160. The molecule has 2 aromatic heterocycles. The van der Waals surface area contributed by atoms with Gasteiger partial charge in [-0.2, -0.15) is 0 Å². The zero-order valence-corrected chi connectivity index (χ0v) is 19.3. The highest BCUT2D eigenvalue weighted by Gasteiger charge is 2.24. The van der Waals surface area contributed by atoms with Gasteiger partial charge in [-0.25, -0.2) is 4.98 Å². The van der Waals surface area contributed by atoms with Crippen molar-refractivity contribution in [1.82, 2.24) is 15.2 Å². The van der Waals surface area contributed by atoms with Crippen LogP contribution in [0.25, 0.3) is 0 Å². The van der Waals surface area contributed by atoms with Gasteiger partial charge >= 0.3 is 23.8 Å². The van der Waals surface area contributed by atoms with Gasteiger partial charge in [-0.05, 0) is 55.9 Å². The maximum atomic E-state index is 12.4. The molecule has 0 bridgehead atoms. The summed E-state index contributed by atoms with van der Waals surface area (Å²) in [6, 6.07) is 8.15. The normalized spacial score (nSPS) is 17.7. The van der Waals surface area contributed by atoms with Crippen molar-refractivity contribution in [1.29, 1.82) is 0 Å². The quantitative estimate of drug-likeness (QED) is 0.377. The molecule has 12 heteroatoms. The molecule has 3 aromatic rings. The third kappa shape index (κ3) is 6.36. The van der Waals surface area contributed by atoms with Crippen molar-refractivity contribution in [3.63, 3.8) is 0 Å². The van der Waals surface area contributed by atoms with Gasteiger partial charge in [0, 0.05) is 17.5 Å². The first-order valence-corrected chi connectivity index (χ1v) is 11.3. The summed E-state index contributed by atoms with van der Waals surface area (Å²) >= 11 is 12.0. The fourth-order valence-corrected chi connectivity index (χ4v) is 4.11. The maximum Gasteiger partial charge on any atom is 0.320 e. The Morgan fingerprint density at radius 2 is 1.91 bits per heavy atom. The smallest absolute Gasteiger partial charge is 0.320 e. The van der Waals surface area contributed by atoms with E-state index < -0.39 is 11.9 Å².